The summed E-state index contributed by atoms with van der Waals surface area (Å²) in [5, 5.41) is 2.82. The van der Waals surface area contributed by atoms with E-state index in [2.05, 4.69) is 5.32 Å². The van der Waals surface area contributed by atoms with Crippen LogP contribution >= 0.6 is 0 Å². The van der Waals surface area contributed by atoms with Crippen LogP contribution in [0.15, 0.2) is 71.6 Å². The van der Waals surface area contributed by atoms with Gasteiger partial charge in [0.25, 0.3) is 15.9 Å². The fourth-order valence-corrected chi connectivity index (χ4v) is 5.08. The van der Waals surface area contributed by atoms with Gasteiger partial charge in [-0.1, -0.05) is 24.3 Å². The molecule has 0 bridgehead atoms. The Morgan fingerprint density at radius 3 is 2.45 bits per heavy atom. The van der Waals surface area contributed by atoms with Gasteiger partial charge in [-0.15, -0.1) is 0 Å². The molecule has 0 atom stereocenters. The summed E-state index contributed by atoms with van der Waals surface area (Å²) in [5.74, 6) is 0.687. The Morgan fingerprint density at radius 2 is 1.74 bits per heavy atom. The number of sulfonamides is 1. The number of carbonyl (C=O) groups is 1. The highest BCUT2D eigenvalue weighted by Gasteiger charge is 2.31. The lowest BCUT2D eigenvalue weighted by Crippen LogP contribution is -2.29. The number of rotatable bonds is 6. The van der Waals surface area contributed by atoms with Gasteiger partial charge in [-0.05, 0) is 48.4 Å². The maximum Gasteiger partial charge on any atom is 0.264 e. The molecule has 0 aliphatic carbocycles. The van der Waals surface area contributed by atoms with Crippen molar-refractivity contribution in [1.29, 1.82) is 0 Å². The van der Waals surface area contributed by atoms with Crippen molar-refractivity contribution in [1.82, 2.24) is 0 Å². The summed E-state index contributed by atoms with van der Waals surface area (Å²) in [7, 11) is -0.658. The third-order valence-corrected chi connectivity index (χ3v) is 7.01. The molecule has 8 heteroatoms. The smallest absolute Gasteiger partial charge is 0.264 e. The summed E-state index contributed by atoms with van der Waals surface area (Å²) in [6.07, 6.45) is 0.590. The van der Waals surface area contributed by atoms with E-state index in [1.807, 2.05) is 0 Å². The van der Waals surface area contributed by atoms with Crippen molar-refractivity contribution in [2.75, 3.05) is 30.4 Å². The third-order valence-electron chi connectivity index (χ3n) is 5.19. The summed E-state index contributed by atoms with van der Waals surface area (Å²) in [5.41, 5.74) is 2.21. The van der Waals surface area contributed by atoms with Gasteiger partial charge in [0.05, 0.1) is 30.5 Å². The number of nitrogens with zero attached hydrogens (tertiary/aromatic N) is 1. The third kappa shape index (κ3) is 3.94. The van der Waals surface area contributed by atoms with Gasteiger partial charge >= 0.3 is 0 Å². The molecule has 0 spiro atoms. The van der Waals surface area contributed by atoms with Crippen LogP contribution in [-0.4, -0.2) is 35.1 Å². The van der Waals surface area contributed by atoms with Gasteiger partial charge in [-0.3, -0.25) is 9.10 Å². The largest absolute Gasteiger partial charge is 0.497 e. The van der Waals surface area contributed by atoms with Crippen molar-refractivity contribution in [2.24, 2.45) is 0 Å². The minimum Gasteiger partial charge on any atom is -0.497 e. The molecule has 0 radical (unpaired) electrons. The number of carbonyl (C=O) groups excluding carboxylic acids is 1. The molecule has 1 N–H and O–H groups in total. The molecule has 0 unspecified atom stereocenters. The standard InChI is InChI=1S/C23H22N2O5S/c1-29-18-10-11-22(30-2)20(15-18)24-23(26)17-9-8-16-12-13-25(21(16)14-17)31(27,28)19-6-4-3-5-7-19/h3-11,14-15H,12-13H2,1-2H3,(H,24,26). The number of benzene rings is 3. The Hall–Kier alpha value is -3.52. The van der Waals surface area contributed by atoms with Gasteiger partial charge in [0, 0.05) is 18.2 Å². The molecular weight excluding hydrogens is 416 g/mol. The number of hydrogen-bond acceptors (Lipinski definition) is 5. The zero-order valence-electron chi connectivity index (χ0n) is 17.2. The molecule has 0 fully saturated rings. The quantitative estimate of drug-likeness (QED) is 0.634. The van der Waals surface area contributed by atoms with Crippen LogP contribution in [0.3, 0.4) is 0 Å². The molecule has 4 rings (SSSR count). The molecule has 0 saturated heterocycles. The summed E-state index contributed by atoms with van der Waals surface area (Å²) in [4.78, 5) is 13.2. The second kappa shape index (κ2) is 8.31. The van der Waals surface area contributed by atoms with Gasteiger partial charge in [-0.2, -0.15) is 0 Å². The van der Waals surface area contributed by atoms with Gasteiger partial charge < -0.3 is 14.8 Å². The molecule has 1 aliphatic heterocycles. The maximum atomic E-state index is 13.1. The topological polar surface area (TPSA) is 84.9 Å². The molecule has 160 valence electrons. The minimum absolute atomic E-state index is 0.221. The molecule has 0 saturated carbocycles. The number of ether oxygens (including phenoxy) is 2. The molecule has 3 aromatic rings. The zero-order chi connectivity index (χ0) is 22.0. The van der Waals surface area contributed by atoms with E-state index < -0.39 is 10.0 Å². The van der Waals surface area contributed by atoms with E-state index in [4.69, 9.17) is 9.47 Å². The predicted octanol–water partition coefficient (Wildman–Crippen LogP) is 3.71. The first-order chi connectivity index (χ1) is 14.9. The second-order valence-electron chi connectivity index (χ2n) is 7.00. The summed E-state index contributed by atoms with van der Waals surface area (Å²) in [6, 6.07) is 18.5. The highest BCUT2D eigenvalue weighted by molar-refractivity contribution is 7.92. The lowest BCUT2D eigenvalue weighted by atomic mass is 10.1. The normalized spacial score (nSPS) is 12.9. The van der Waals surface area contributed by atoms with Crippen molar-refractivity contribution >= 4 is 27.3 Å². The van der Waals surface area contributed by atoms with E-state index >= 15 is 0 Å². The van der Waals surface area contributed by atoms with E-state index in [-0.39, 0.29) is 10.8 Å². The van der Waals surface area contributed by atoms with Gasteiger partial charge in [0.2, 0.25) is 0 Å². The van der Waals surface area contributed by atoms with E-state index in [0.717, 1.165) is 5.56 Å². The summed E-state index contributed by atoms with van der Waals surface area (Å²) >= 11 is 0. The first kappa shape index (κ1) is 20.7. The Balaban J connectivity index is 1.65. The van der Waals surface area contributed by atoms with Crippen LogP contribution in [-0.2, 0) is 16.4 Å². The lowest BCUT2D eigenvalue weighted by molar-refractivity contribution is 0.102. The Bertz CT molecular complexity index is 1230. The Morgan fingerprint density at radius 1 is 0.968 bits per heavy atom. The summed E-state index contributed by atoms with van der Waals surface area (Å²) < 4.78 is 38.1. The first-order valence-corrected chi connectivity index (χ1v) is 11.1. The minimum atomic E-state index is -3.71. The monoisotopic (exact) mass is 438 g/mol. The highest BCUT2D eigenvalue weighted by Crippen LogP contribution is 2.34. The van der Waals surface area contributed by atoms with Crippen molar-refractivity contribution in [3.8, 4) is 11.5 Å². The van der Waals surface area contributed by atoms with Gasteiger partial charge in [0.15, 0.2) is 0 Å². The fourth-order valence-electron chi connectivity index (χ4n) is 3.57. The zero-order valence-corrected chi connectivity index (χ0v) is 18.0. The van der Waals surface area contributed by atoms with Crippen molar-refractivity contribution in [3.63, 3.8) is 0 Å². The average Bonchev–Trinajstić information content (AvgIpc) is 3.23. The molecule has 1 heterocycles. The van der Waals surface area contributed by atoms with E-state index in [1.165, 1.54) is 18.5 Å². The number of amides is 1. The van der Waals surface area contributed by atoms with Crippen molar-refractivity contribution in [2.45, 2.75) is 11.3 Å². The molecule has 3 aromatic carbocycles. The SMILES string of the molecule is COc1ccc(OC)c(NC(=O)c2ccc3c(c2)N(S(=O)(=O)c2ccccc2)CC3)c1. The number of fused-ring (bicyclic) bond motifs is 1. The van der Waals surface area contributed by atoms with E-state index in [1.54, 1.807) is 66.7 Å². The van der Waals surface area contributed by atoms with E-state index in [0.29, 0.717) is 41.4 Å². The fraction of sp³-hybridized carbons (Fsp3) is 0.174. The number of hydrogen-bond donors (Lipinski definition) is 1. The maximum absolute atomic E-state index is 13.1. The van der Waals surface area contributed by atoms with Crippen LogP contribution in [0.1, 0.15) is 15.9 Å². The molecule has 1 amide bonds. The van der Waals surface area contributed by atoms with Crippen LogP contribution < -0.4 is 19.1 Å². The second-order valence-corrected chi connectivity index (χ2v) is 8.87. The van der Waals surface area contributed by atoms with E-state index in [9.17, 15) is 13.2 Å². The van der Waals surface area contributed by atoms with Gasteiger partial charge in [-0.25, -0.2) is 8.42 Å². The van der Waals surface area contributed by atoms with Crippen LogP contribution in [0.4, 0.5) is 11.4 Å². The average molecular weight is 439 g/mol. The van der Waals surface area contributed by atoms with Crippen LogP contribution in [0.25, 0.3) is 0 Å². The van der Waals surface area contributed by atoms with Crippen molar-refractivity contribution in [3.05, 3.63) is 77.9 Å². The molecule has 1 aliphatic rings. The number of methoxy groups -OCH3 is 2. The molecule has 7 nitrogen and oxygen atoms in total. The predicted molar refractivity (Wildman–Crippen MR) is 119 cm³/mol. The first-order valence-electron chi connectivity index (χ1n) is 9.68. The molecule has 0 aromatic heterocycles. The van der Waals surface area contributed by atoms with Crippen LogP contribution in [0, 0.1) is 0 Å². The Kier molecular flexibility index (Phi) is 5.56. The molecule has 31 heavy (non-hydrogen) atoms. The highest BCUT2D eigenvalue weighted by atomic mass is 32.2. The number of anilines is 2. The lowest BCUT2D eigenvalue weighted by Gasteiger charge is -2.20. The number of nitrogens with one attached hydrogen (secondary N) is 1. The van der Waals surface area contributed by atoms with Crippen LogP contribution in [0.5, 0.6) is 11.5 Å². The van der Waals surface area contributed by atoms with Gasteiger partial charge in [0.1, 0.15) is 11.5 Å². The molecular formula is C23H22N2O5S. The van der Waals surface area contributed by atoms with Crippen LogP contribution in [0.2, 0.25) is 0 Å². The van der Waals surface area contributed by atoms with Crippen molar-refractivity contribution < 1.29 is 22.7 Å². The summed E-state index contributed by atoms with van der Waals surface area (Å²) in [6.45, 7) is 0.335. The Labute approximate surface area is 181 Å².